The molecule has 19 heavy (non-hydrogen) atoms. The molecule has 2 N–H and O–H groups in total. The van der Waals surface area contributed by atoms with Crippen molar-refractivity contribution in [2.45, 2.75) is 20.4 Å². The van der Waals surface area contributed by atoms with Gasteiger partial charge in [0, 0.05) is 19.6 Å². The summed E-state index contributed by atoms with van der Waals surface area (Å²) in [4.78, 5) is 24.5. The number of amides is 1. The Morgan fingerprint density at radius 2 is 1.84 bits per heavy atom. The van der Waals surface area contributed by atoms with Gasteiger partial charge >= 0.3 is 5.97 Å². The number of carbonyl (C=O) groups is 2. The van der Waals surface area contributed by atoms with E-state index < -0.39 is 5.97 Å². The quantitative estimate of drug-likeness (QED) is 0.780. The average Bonchev–Trinajstić information content (AvgIpc) is 2.40. The number of carboxylic acid groups (broad SMARTS) is 1. The highest BCUT2D eigenvalue weighted by Crippen LogP contribution is 2.08. The molecule has 0 heterocycles. The maximum absolute atomic E-state index is 11.8. The van der Waals surface area contributed by atoms with Crippen LogP contribution in [0.2, 0.25) is 0 Å². The van der Waals surface area contributed by atoms with Crippen LogP contribution < -0.4 is 5.32 Å². The Bertz CT molecular complexity index is 442. The molecule has 1 amide bonds. The van der Waals surface area contributed by atoms with Gasteiger partial charge in [0.15, 0.2) is 0 Å². The molecule has 0 atom stereocenters. The Balaban J connectivity index is 2.54. The second-order valence-electron chi connectivity index (χ2n) is 4.13. The number of hydrogen-bond donors (Lipinski definition) is 2. The Kier molecular flexibility index (Phi) is 6.02. The maximum Gasteiger partial charge on any atom is 0.336 e. The molecule has 0 aliphatic heterocycles. The molecule has 0 fully saturated rings. The van der Waals surface area contributed by atoms with Gasteiger partial charge in [0.2, 0.25) is 5.91 Å². The molecular formula is C14H20N2O3. The number of aromatic carboxylic acids is 1. The fourth-order valence-electron chi connectivity index (χ4n) is 1.88. The summed E-state index contributed by atoms with van der Waals surface area (Å²) in [6.45, 7) is 5.82. The normalized spacial score (nSPS) is 10.2. The standard InChI is InChI=1S/C14H20N2O3/c1-3-16(4-2)13(17)10-15-9-11-7-5-6-8-12(11)14(18)19/h5-8,15H,3-4,9-10H2,1-2H3,(H,18,19). The van der Waals surface area contributed by atoms with Crippen molar-refractivity contribution in [2.75, 3.05) is 19.6 Å². The van der Waals surface area contributed by atoms with Crippen LogP contribution in [-0.2, 0) is 11.3 Å². The van der Waals surface area contributed by atoms with Crippen molar-refractivity contribution < 1.29 is 14.7 Å². The summed E-state index contributed by atoms with van der Waals surface area (Å²) in [5.74, 6) is -0.926. The molecule has 5 heteroatoms. The second-order valence-corrected chi connectivity index (χ2v) is 4.13. The minimum Gasteiger partial charge on any atom is -0.478 e. The molecule has 0 aromatic heterocycles. The first kappa shape index (κ1) is 15.2. The fourth-order valence-corrected chi connectivity index (χ4v) is 1.88. The summed E-state index contributed by atoms with van der Waals surface area (Å²) < 4.78 is 0. The summed E-state index contributed by atoms with van der Waals surface area (Å²) in [6.07, 6.45) is 0. The molecule has 0 unspecified atom stereocenters. The van der Waals surface area contributed by atoms with Gasteiger partial charge in [-0.1, -0.05) is 18.2 Å². The highest BCUT2D eigenvalue weighted by Gasteiger charge is 2.11. The molecule has 1 aromatic carbocycles. The van der Waals surface area contributed by atoms with Crippen molar-refractivity contribution in [3.05, 3.63) is 35.4 Å². The van der Waals surface area contributed by atoms with Crippen LogP contribution in [-0.4, -0.2) is 41.5 Å². The minimum atomic E-state index is -0.951. The number of rotatable bonds is 7. The Morgan fingerprint density at radius 1 is 1.21 bits per heavy atom. The highest BCUT2D eigenvalue weighted by molar-refractivity contribution is 5.89. The van der Waals surface area contributed by atoms with Crippen molar-refractivity contribution in [3.8, 4) is 0 Å². The Morgan fingerprint density at radius 3 is 2.42 bits per heavy atom. The third-order valence-electron chi connectivity index (χ3n) is 2.96. The van der Waals surface area contributed by atoms with Crippen LogP contribution >= 0.6 is 0 Å². The first-order chi connectivity index (χ1) is 9.10. The van der Waals surface area contributed by atoms with Gasteiger partial charge in [0.1, 0.15) is 0 Å². The third kappa shape index (κ3) is 4.37. The average molecular weight is 264 g/mol. The highest BCUT2D eigenvalue weighted by atomic mass is 16.4. The lowest BCUT2D eigenvalue weighted by Crippen LogP contribution is -2.37. The number of nitrogens with one attached hydrogen (secondary N) is 1. The van der Waals surface area contributed by atoms with E-state index in [1.807, 2.05) is 13.8 Å². The predicted molar refractivity (Wildman–Crippen MR) is 73.0 cm³/mol. The van der Waals surface area contributed by atoms with Gasteiger partial charge in [-0.15, -0.1) is 0 Å². The number of nitrogens with zero attached hydrogens (tertiary/aromatic N) is 1. The number of benzene rings is 1. The first-order valence-electron chi connectivity index (χ1n) is 6.39. The van der Waals surface area contributed by atoms with Gasteiger partial charge in [-0.25, -0.2) is 4.79 Å². The zero-order valence-corrected chi connectivity index (χ0v) is 11.3. The SMILES string of the molecule is CCN(CC)C(=O)CNCc1ccccc1C(=O)O. The van der Waals surface area contributed by atoms with E-state index >= 15 is 0 Å². The minimum absolute atomic E-state index is 0.0257. The van der Waals surface area contributed by atoms with Gasteiger partial charge < -0.3 is 15.3 Å². The van der Waals surface area contributed by atoms with Crippen LogP contribution in [0.25, 0.3) is 0 Å². The maximum atomic E-state index is 11.8. The molecule has 0 saturated carbocycles. The molecule has 1 rings (SSSR count). The molecule has 0 saturated heterocycles. The smallest absolute Gasteiger partial charge is 0.336 e. The van der Waals surface area contributed by atoms with Crippen LogP contribution in [0.5, 0.6) is 0 Å². The molecular weight excluding hydrogens is 244 g/mol. The monoisotopic (exact) mass is 264 g/mol. The lowest BCUT2D eigenvalue weighted by Gasteiger charge is -2.18. The van der Waals surface area contributed by atoms with E-state index in [2.05, 4.69) is 5.32 Å². The molecule has 0 spiro atoms. The summed E-state index contributed by atoms with van der Waals surface area (Å²) >= 11 is 0. The summed E-state index contributed by atoms with van der Waals surface area (Å²) in [5.41, 5.74) is 0.952. The van der Waals surface area contributed by atoms with Gasteiger partial charge in [-0.2, -0.15) is 0 Å². The van der Waals surface area contributed by atoms with E-state index in [-0.39, 0.29) is 18.0 Å². The van der Waals surface area contributed by atoms with Crippen LogP contribution in [0.4, 0.5) is 0 Å². The van der Waals surface area contributed by atoms with Gasteiger partial charge in [-0.05, 0) is 25.5 Å². The van der Waals surface area contributed by atoms with Crippen molar-refractivity contribution in [1.29, 1.82) is 0 Å². The summed E-state index contributed by atoms with van der Waals surface area (Å²) in [5, 5.41) is 12.0. The van der Waals surface area contributed by atoms with Crippen molar-refractivity contribution >= 4 is 11.9 Å². The van der Waals surface area contributed by atoms with Crippen LogP contribution in [0.1, 0.15) is 29.8 Å². The van der Waals surface area contributed by atoms with Crippen LogP contribution in [0.15, 0.2) is 24.3 Å². The molecule has 0 radical (unpaired) electrons. The van der Waals surface area contributed by atoms with E-state index in [0.717, 1.165) is 0 Å². The van der Waals surface area contributed by atoms with Crippen LogP contribution in [0.3, 0.4) is 0 Å². The zero-order valence-electron chi connectivity index (χ0n) is 11.3. The van der Waals surface area contributed by atoms with Gasteiger partial charge in [0.25, 0.3) is 0 Å². The molecule has 0 aliphatic rings. The van der Waals surface area contributed by atoms with Crippen LogP contribution in [0, 0.1) is 0 Å². The van der Waals surface area contributed by atoms with E-state index in [1.165, 1.54) is 0 Å². The van der Waals surface area contributed by atoms with Gasteiger partial charge in [0.05, 0.1) is 12.1 Å². The number of hydrogen-bond acceptors (Lipinski definition) is 3. The van der Waals surface area contributed by atoms with Crippen molar-refractivity contribution in [3.63, 3.8) is 0 Å². The number of carbonyl (C=O) groups excluding carboxylic acids is 1. The Hall–Kier alpha value is -1.88. The zero-order chi connectivity index (χ0) is 14.3. The fraction of sp³-hybridized carbons (Fsp3) is 0.429. The third-order valence-corrected chi connectivity index (χ3v) is 2.96. The lowest BCUT2D eigenvalue weighted by atomic mass is 10.1. The van der Waals surface area contributed by atoms with Gasteiger partial charge in [-0.3, -0.25) is 4.79 Å². The number of likely N-dealkylation sites (N-methyl/N-ethyl adjacent to an activating group) is 1. The predicted octanol–water partition coefficient (Wildman–Crippen LogP) is 1.34. The molecule has 104 valence electrons. The second kappa shape index (κ2) is 7.53. The lowest BCUT2D eigenvalue weighted by molar-refractivity contribution is -0.129. The van der Waals surface area contributed by atoms with Crippen molar-refractivity contribution in [1.82, 2.24) is 10.2 Å². The topological polar surface area (TPSA) is 69.6 Å². The molecule has 1 aromatic rings. The van der Waals surface area contributed by atoms with E-state index in [0.29, 0.717) is 25.2 Å². The Labute approximate surface area is 113 Å². The molecule has 0 bridgehead atoms. The molecule has 0 aliphatic carbocycles. The van der Waals surface area contributed by atoms with E-state index in [9.17, 15) is 9.59 Å². The molecule has 5 nitrogen and oxygen atoms in total. The van der Waals surface area contributed by atoms with E-state index in [1.54, 1.807) is 29.2 Å². The first-order valence-corrected chi connectivity index (χ1v) is 6.39. The summed E-state index contributed by atoms with van der Waals surface area (Å²) in [7, 11) is 0. The summed E-state index contributed by atoms with van der Waals surface area (Å²) in [6, 6.07) is 6.79. The largest absolute Gasteiger partial charge is 0.478 e. The number of carboxylic acids is 1. The van der Waals surface area contributed by atoms with Crippen molar-refractivity contribution in [2.24, 2.45) is 0 Å². The van der Waals surface area contributed by atoms with E-state index in [4.69, 9.17) is 5.11 Å².